The van der Waals surface area contributed by atoms with Gasteiger partial charge >= 0.3 is 0 Å². The van der Waals surface area contributed by atoms with Gasteiger partial charge in [0, 0.05) is 28.4 Å². The van der Waals surface area contributed by atoms with Crippen molar-refractivity contribution in [2.24, 2.45) is 0 Å². The van der Waals surface area contributed by atoms with Crippen molar-refractivity contribution in [3.8, 4) is 0 Å². The van der Waals surface area contributed by atoms with Gasteiger partial charge in [-0.15, -0.1) is 5.10 Å². The minimum Gasteiger partial charge on any atom is -0.310 e. The maximum absolute atomic E-state index is 5.82. The lowest BCUT2D eigenvalue weighted by molar-refractivity contribution is 0.396. The molecule has 0 saturated carbocycles. The maximum Gasteiger partial charge on any atom is 0.209 e. The van der Waals surface area contributed by atoms with E-state index in [9.17, 15) is 0 Å². The summed E-state index contributed by atoms with van der Waals surface area (Å²) in [6, 6.07) is 0. The van der Waals surface area contributed by atoms with E-state index in [1.165, 1.54) is 17.3 Å². The molecular weight excluding hydrogens is 293 g/mol. The van der Waals surface area contributed by atoms with Crippen LogP contribution in [0.4, 0.5) is 0 Å². The zero-order valence-electron chi connectivity index (χ0n) is 10.7. The van der Waals surface area contributed by atoms with Gasteiger partial charge in [0.2, 0.25) is 5.16 Å². The first-order chi connectivity index (χ1) is 8.42. The van der Waals surface area contributed by atoms with Crippen LogP contribution in [0.5, 0.6) is 0 Å². The van der Waals surface area contributed by atoms with Crippen LogP contribution in [-0.2, 0) is 6.54 Å². The van der Waals surface area contributed by atoms with Crippen molar-refractivity contribution in [2.45, 2.75) is 38.0 Å². The number of halogens is 2. The maximum atomic E-state index is 5.82. The molecule has 0 fully saturated rings. The molecule has 8 heteroatoms. The van der Waals surface area contributed by atoms with Crippen LogP contribution in [0.25, 0.3) is 0 Å². The second-order valence-corrected chi connectivity index (χ2v) is 6.35. The molecule has 0 unspecified atom stereocenters. The highest BCUT2D eigenvalue weighted by molar-refractivity contribution is 7.99. The molecule has 0 aliphatic carbocycles. The number of nitrogens with one attached hydrogen (secondary N) is 1. The Kier molecular flexibility index (Phi) is 6.42. The summed E-state index contributed by atoms with van der Waals surface area (Å²) in [5.41, 5.74) is 1.44. The van der Waals surface area contributed by atoms with Crippen molar-refractivity contribution in [1.82, 2.24) is 25.5 Å². The summed E-state index contributed by atoms with van der Waals surface area (Å²) in [5.74, 6) is 0.568. The van der Waals surface area contributed by atoms with E-state index in [0.717, 1.165) is 18.2 Å². The molecule has 0 aromatic carbocycles. The minimum atomic E-state index is 0.0893. The predicted molar refractivity (Wildman–Crippen MR) is 76.1 cm³/mol. The summed E-state index contributed by atoms with van der Waals surface area (Å²) in [6.45, 7) is 7.88. The quantitative estimate of drug-likeness (QED) is 0.818. The highest BCUT2D eigenvalue weighted by Gasteiger charge is 2.10. The smallest absolute Gasteiger partial charge is 0.209 e. The Morgan fingerprint density at radius 2 is 2.22 bits per heavy atom. The van der Waals surface area contributed by atoms with E-state index in [2.05, 4.69) is 41.6 Å². The molecule has 5 nitrogen and oxygen atoms in total. The van der Waals surface area contributed by atoms with E-state index in [4.69, 9.17) is 23.2 Å². The predicted octanol–water partition coefficient (Wildman–Crippen LogP) is 2.47. The van der Waals surface area contributed by atoms with E-state index in [-0.39, 0.29) is 5.54 Å². The van der Waals surface area contributed by atoms with Gasteiger partial charge in [0.15, 0.2) is 0 Å². The summed E-state index contributed by atoms with van der Waals surface area (Å²) in [7, 11) is 0. The first-order valence-corrected chi connectivity index (χ1v) is 7.31. The van der Waals surface area contributed by atoms with Crippen molar-refractivity contribution in [1.29, 1.82) is 0 Å². The van der Waals surface area contributed by atoms with Gasteiger partial charge in [0.25, 0.3) is 0 Å². The van der Waals surface area contributed by atoms with Crippen molar-refractivity contribution < 1.29 is 0 Å². The van der Waals surface area contributed by atoms with Crippen LogP contribution in [0.1, 0.15) is 20.8 Å². The fraction of sp³-hybridized carbons (Fsp3) is 0.700. The molecule has 1 aromatic rings. The van der Waals surface area contributed by atoms with Gasteiger partial charge < -0.3 is 5.32 Å². The molecule has 1 rings (SSSR count). The molecular formula is C10H17Cl2N5S. The molecule has 0 saturated heterocycles. The molecule has 0 aliphatic heterocycles. The number of aromatic nitrogens is 4. The standard InChI is InChI=1S/C10H17Cl2N5S/c1-10(2,3)13-4-5-17-9(14-15-16-17)18-7-8(12)6-11/h6,13H,4-5,7H2,1-3H3. The fourth-order valence-electron chi connectivity index (χ4n) is 1.14. The number of thioether (sulfide) groups is 1. The molecule has 0 atom stereocenters. The number of hydrogen-bond donors (Lipinski definition) is 1. The fourth-order valence-corrected chi connectivity index (χ4v) is 2.20. The average Bonchev–Trinajstić information content (AvgIpc) is 2.72. The third-order valence-electron chi connectivity index (χ3n) is 1.94. The van der Waals surface area contributed by atoms with Crippen LogP contribution in [0.2, 0.25) is 0 Å². The van der Waals surface area contributed by atoms with Gasteiger partial charge in [0.05, 0.1) is 6.54 Å². The van der Waals surface area contributed by atoms with E-state index < -0.39 is 0 Å². The first kappa shape index (κ1) is 15.8. The number of hydrogen-bond acceptors (Lipinski definition) is 5. The van der Waals surface area contributed by atoms with Gasteiger partial charge in [-0.1, -0.05) is 35.0 Å². The Bertz CT molecular complexity index is 399. The zero-order chi connectivity index (χ0) is 13.6. The average molecular weight is 310 g/mol. The molecule has 0 spiro atoms. The van der Waals surface area contributed by atoms with Gasteiger partial charge in [-0.3, -0.25) is 0 Å². The second-order valence-electron chi connectivity index (χ2n) is 4.71. The van der Waals surface area contributed by atoms with Gasteiger partial charge in [0.1, 0.15) is 0 Å². The van der Waals surface area contributed by atoms with E-state index in [1.807, 2.05) is 0 Å². The topological polar surface area (TPSA) is 55.6 Å². The number of tetrazole rings is 1. The minimum absolute atomic E-state index is 0.0893. The highest BCUT2D eigenvalue weighted by Crippen LogP contribution is 2.19. The third kappa shape index (κ3) is 6.04. The van der Waals surface area contributed by atoms with Crippen LogP contribution in [0, 0.1) is 0 Å². The third-order valence-corrected chi connectivity index (χ3v) is 3.72. The number of nitrogens with zero attached hydrogens (tertiary/aromatic N) is 4. The van der Waals surface area contributed by atoms with E-state index in [0.29, 0.717) is 10.8 Å². The van der Waals surface area contributed by atoms with Crippen molar-refractivity contribution in [3.05, 3.63) is 10.6 Å². The second kappa shape index (κ2) is 7.33. The van der Waals surface area contributed by atoms with Crippen LogP contribution in [0.15, 0.2) is 15.7 Å². The highest BCUT2D eigenvalue weighted by atomic mass is 35.5. The summed E-state index contributed by atoms with van der Waals surface area (Å²) in [4.78, 5) is 0. The molecule has 1 N–H and O–H groups in total. The summed E-state index contributed by atoms with van der Waals surface area (Å²) in [5, 5.41) is 16.2. The summed E-state index contributed by atoms with van der Waals surface area (Å²) >= 11 is 12.8. The van der Waals surface area contributed by atoms with Crippen LogP contribution in [0.3, 0.4) is 0 Å². The van der Waals surface area contributed by atoms with Gasteiger partial charge in [-0.25, -0.2) is 4.68 Å². The lowest BCUT2D eigenvalue weighted by atomic mass is 10.1. The van der Waals surface area contributed by atoms with Crippen LogP contribution < -0.4 is 5.32 Å². The lowest BCUT2D eigenvalue weighted by Crippen LogP contribution is -2.38. The normalized spacial score (nSPS) is 13.1. The summed E-state index contributed by atoms with van der Waals surface area (Å²) < 4.78 is 1.75. The van der Waals surface area contributed by atoms with Gasteiger partial charge in [-0.05, 0) is 31.2 Å². The van der Waals surface area contributed by atoms with Gasteiger partial charge in [-0.2, -0.15) is 0 Å². The first-order valence-electron chi connectivity index (χ1n) is 5.51. The molecule has 0 radical (unpaired) electrons. The molecule has 102 valence electrons. The van der Waals surface area contributed by atoms with Crippen LogP contribution >= 0.6 is 35.0 Å². The Hall–Kier alpha value is -0.300. The summed E-state index contributed by atoms with van der Waals surface area (Å²) in [6.07, 6.45) is 0. The molecule has 0 bridgehead atoms. The number of rotatable bonds is 6. The van der Waals surface area contributed by atoms with E-state index in [1.54, 1.807) is 4.68 Å². The molecule has 0 aliphatic rings. The van der Waals surface area contributed by atoms with Crippen molar-refractivity contribution in [3.63, 3.8) is 0 Å². The van der Waals surface area contributed by atoms with Crippen molar-refractivity contribution >= 4 is 35.0 Å². The Balaban J connectivity index is 2.45. The Morgan fingerprint density at radius 1 is 1.50 bits per heavy atom. The largest absolute Gasteiger partial charge is 0.310 e. The monoisotopic (exact) mass is 309 g/mol. The molecule has 0 amide bonds. The molecule has 1 heterocycles. The zero-order valence-corrected chi connectivity index (χ0v) is 13.0. The molecule has 18 heavy (non-hydrogen) atoms. The SMILES string of the molecule is CC(C)(C)NCCn1nnnc1SCC(Cl)=CCl. The Labute approximate surface area is 121 Å². The van der Waals surface area contributed by atoms with E-state index >= 15 is 0 Å². The molecule has 1 aromatic heterocycles. The lowest BCUT2D eigenvalue weighted by Gasteiger charge is -2.20. The Morgan fingerprint density at radius 3 is 2.83 bits per heavy atom. The van der Waals surface area contributed by atoms with Crippen LogP contribution in [-0.4, -0.2) is 38.0 Å². The van der Waals surface area contributed by atoms with Crippen molar-refractivity contribution in [2.75, 3.05) is 12.3 Å².